The molecule has 0 heterocycles. The molecule has 2 heteroatoms. The Balaban J connectivity index is 1.97. The molecule has 2 nitrogen and oxygen atoms in total. The van der Waals surface area contributed by atoms with Crippen LogP contribution < -0.4 is 5.32 Å². The molecule has 0 aromatic carbocycles. The van der Waals surface area contributed by atoms with Crippen molar-refractivity contribution in [3.8, 4) is 6.07 Å². The van der Waals surface area contributed by atoms with Gasteiger partial charge in [0.1, 0.15) is 0 Å². The van der Waals surface area contributed by atoms with Crippen LogP contribution in [0.5, 0.6) is 0 Å². The van der Waals surface area contributed by atoms with E-state index in [1.807, 2.05) is 13.8 Å². The number of unbranched alkanes of at least 4 members (excludes halogenated alkanes) is 1. The van der Waals surface area contributed by atoms with Gasteiger partial charge in [0.15, 0.2) is 0 Å². The second-order valence-electron chi connectivity index (χ2n) is 6.79. The van der Waals surface area contributed by atoms with Crippen molar-refractivity contribution < 1.29 is 0 Å². The number of rotatable bonds is 7. The van der Waals surface area contributed by atoms with Crippen LogP contribution in [0, 0.1) is 28.6 Å². The largest absolute Gasteiger partial charge is 0.316 e. The van der Waals surface area contributed by atoms with Crippen molar-refractivity contribution in [2.45, 2.75) is 65.7 Å². The standard InChI is InChI=1S/C16H30N2/c1-14-7-6-8-15(11-14)12-18-10-5-4-9-16(2,3)13-17/h14-15,18H,4-12H2,1-3H3. The summed E-state index contributed by atoms with van der Waals surface area (Å²) in [6, 6.07) is 2.37. The van der Waals surface area contributed by atoms with Gasteiger partial charge in [-0.05, 0) is 64.5 Å². The van der Waals surface area contributed by atoms with E-state index in [2.05, 4.69) is 18.3 Å². The monoisotopic (exact) mass is 250 g/mol. The lowest BCUT2D eigenvalue weighted by molar-refractivity contribution is 0.273. The van der Waals surface area contributed by atoms with Gasteiger partial charge in [-0.15, -0.1) is 0 Å². The number of nitrogens with zero attached hydrogens (tertiary/aromatic N) is 1. The average Bonchev–Trinajstić information content (AvgIpc) is 2.34. The van der Waals surface area contributed by atoms with Crippen LogP contribution >= 0.6 is 0 Å². The molecule has 1 saturated carbocycles. The van der Waals surface area contributed by atoms with Gasteiger partial charge in [-0.2, -0.15) is 5.26 Å². The highest BCUT2D eigenvalue weighted by Crippen LogP contribution is 2.28. The quantitative estimate of drug-likeness (QED) is 0.690. The fraction of sp³-hybridized carbons (Fsp3) is 0.938. The Morgan fingerprint density at radius 2 is 2.06 bits per heavy atom. The van der Waals surface area contributed by atoms with E-state index in [9.17, 15) is 0 Å². The molecule has 0 aromatic rings. The summed E-state index contributed by atoms with van der Waals surface area (Å²) in [5.74, 6) is 1.84. The molecule has 0 aromatic heterocycles. The van der Waals surface area contributed by atoms with Crippen LogP contribution in [0.3, 0.4) is 0 Å². The van der Waals surface area contributed by atoms with Crippen LogP contribution in [0.4, 0.5) is 0 Å². The Hall–Kier alpha value is -0.550. The van der Waals surface area contributed by atoms with E-state index in [1.165, 1.54) is 38.6 Å². The van der Waals surface area contributed by atoms with Gasteiger partial charge in [0, 0.05) is 0 Å². The summed E-state index contributed by atoms with van der Waals surface area (Å²) >= 11 is 0. The van der Waals surface area contributed by atoms with Crippen molar-refractivity contribution >= 4 is 0 Å². The lowest BCUT2D eigenvalue weighted by Crippen LogP contribution is -2.27. The summed E-state index contributed by atoms with van der Waals surface area (Å²) in [6.45, 7) is 8.77. The molecule has 0 bridgehead atoms. The molecule has 18 heavy (non-hydrogen) atoms. The first-order valence-electron chi connectivity index (χ1n) is 7.65. The molecule has 0 aliphatic heterocycles. The minimum atomic E-state index is -0.140. The highest BCUT2D eigenvalue weighted by Gasteiger charge is 2.18. The van der Waals surface area contributed by atoms with Gasteiger partial charge in [0.2, 0.25) is 0 Å². The molecular weight excluding hydrogens is 220 g/mol. The maximum Gasteiger partial charge on any atom is 0.0683 e. The summed E-state index contributed by atoms with van der Waals surface area (Å²) in [5, 5.41) is 12.5. The molecule has 1 fully saturated rings. The van der Waals surface area contributed by atoms with Crippen molar-refractivity contribution in [3.63, 3.8) is 0 Å². The van der Waals surface area contributed by atoms with Crippen LogP contribution in [0.15, 0.2) is 0 Å². The Morgan fingerprint density at radius 3 is 2.72 bits per heavy atom. The Kier molecular flexibility index (Phi) is 6.71. The van der Waals surface area contributed by atoms with Gasteiger partial charge in [-0.25, -0.2) is 0 Å². The first-order valence-corrected chi connectivity index (χ1v) is 7.65. The van der Waals surface area contributed by atoms with Crippen LogP contribution in [0.2, 0.25) is 0 Å². The molecule has 2 unspecified atom stereocenters. The average molecular weight is 250 g/mol. The first-order chi connectivity index (χ1) is 8.53. The highest BCUT2D eigenvalue weighted by molar-refractivity contribution is 4.91. The van der Waals surface area contributed by atoms with E-state index in [0.717, 1.165) is 31.2 Å². The van der Waals surface area contributed by atoms with E-state index in [4.69, 9.17) is 5.26 Å². The van der Waals surface area contributed by atoms with Crippen LogP contribution in [0.1, 0.15) is 65.7 Å². The van der Waals surface area contributed by atoms with E-state index >= 15 is 0 Å². The number of hydrogen-bond acceptors (Lipinski definition) is 2. The summed E-state index contributed by atoms with van der Waals surface area (Å²) in [5.41, 5.74) is -0.140. The Morgan fingerprint density at radius 1 is 1.28 bits per heavy atom. The zero-order valence-electron chi connectivity index (χ0n) is 12.5. The summed E-state index contributed by atoms with van der Waals surface area (Å²) < 4.78 is 0. The maximum atomic E-state index is 8.93. The van der Waals surface area contributed by atoms with Gasteiger partial charge in [0.25, 0.3) is 0 Å². The second kappa shape index (κ2) is 7.79. The first kappa shape index (κ1) is 15.5. The molecule has 104 valence electrons. The second-order valence-corrected chi connectivity index (χ2v) is 6.79. The third kappa shape index (κ3) is 6.40. The zero-order chi connectivity index (χ0) is 13.4. The number of nitriles is 1. The van der Waals surface area contributed by atoms with Crippen LogP contribution in [0.25, 0.3) is 0 Å². The third-order valence-electron chi connectivity index (χ3n) is 4.19. The third-order valence-corrected chi connectivity index (χ3v) is 4.19. The fourth-order valence-electron chi connectivity index (χ4n) is 2.92. The molecule has 1 N–H and O–H groups in total. The summed E-state index contributed by atoms with van der Waals surface area (Å²) in [6.07, 6.45) is 9.06. The lowest BCUT2D eigenvalue weighted by atomic mass is 9.82. The van der Waals surface area contributed by atoms with Gasteiger partial charge in [-0.1, -0.05) is 26.2 Å². The normalized spacial score (nSPS) is 24.8. The summed E-state index contributed by atoms with van der Waals surface area (Å²) in [7, 11) is 0. The van der Waals surface area contributed by atoms with Crippen molar-refractivity contribution in [1.82, 2.24) is 5.32 Å². The van der Waals surface area contributed by atoms with Gasteiger partial charge in [-0.3, -0.25) is 0 Å². The molecule has 1 aliphatic carbocycles. The maximum absolute atomic E-state index is 8.93. The molecule has 0 spiro atoms. The molecule has 2 atom stereocenters. The minimum absolute atomic E-state index is 0.140. The van der Waals surface area contributed by atoms with E-state index in [-0.39, 0.29) is 5.41 Å². The Bertz CT molecular complexity index is 265. The lowest BCUT2D eigenvalue weighted by Gasteiger charge is -2.26. The summed E-state index contributed by atoms with van der Waals surface area (Å²) in [4.78, 5) is 0. The predicted octanol–water partition coefficient (Wildman–Crippen LogP) is 4.12. The Labute approximate surface area is 113 Å². The topological polar surface area (TPSA) is 35.8 Å². The minimum Gasteiger partial charge on any atom is -0.316 e. The number of hydrogen-bond donors (Lipinski definition) is 1. The van der Waals surface area contributed by atoms with Gasteiger partial charge < -0.3 is 5.32 Å². The van der Waals surface area contributed by atoms with Gasteiger partial charge in [0.05, 0.1) is 11.5 Å². The van der Waals surface area contributed by atoms with Crippen molar-refractivity contribution in [2.24, 2.45) is 17.3 Å². The molecule has 0 radical (unpaired) electrons. The zero-order valence-corrected chi connectivity index (χ0v) is 12.5. The molecule has 0 amide bonds. The molecular formula is C16H30N2. The van der Waals surface area contributed by atoms with Crippen LogP contribution in [-0.4, -0.2) is 13.1 Å². The van der Waals surface area contributed by atoms with E-state index < -0.39 is 0 Å². The van der Waals surface area contributed by atoms with Crippen molar-refractivity contribution in [1.29, 1.82) is 5.26 Å². The van der Waals surface area contributed by atoms with Gasteiger partial charge >= 0.3 is 0 Å². The van der Waals surface area contributed by atoms with E-state index in [1.54, 1.807) is 0 Å². The fourth-order valence-corrected chi connectivity index (χ4v) is 2.92. The van der Waals surface area contributed by atoms with Crippen LogP contribution in [-0.2, 0) is 0 Å². The molecule has 0 saturated heterocycles. The predicted molar refractivity (Wildman–Crippen MR) is 77.2 cm³/mol. The molecule has 1 aliphatic rings. The highest BCUT2D eigenvalue weighted by atomic mass is 14.9. The van der Waals surface area contributed by atoms with Crippen molar-refractivity contribution in [3.05, 3.63) is 0 Å². The molecule has 1 rings (SSSR count). The number of nitrogens with one attached hydrogen (secondary N) is 1. The smallest absolute Gasteiger partial charge is 0.0683 e. The van der Waals surface area contributed by atoms with E-state index in [0.29, 0.717) is 0 Å². The van der Waals surface area contributed by atoms with Crippen molar-refractivity contribution in [2.75, 3.05) is 13.1 Å². The SMILES string of the molecule is CC1CCCC(CNCCCCC(C)(C)C#N)C1.